The Morgan fingerprint density at radius 1 is 1.44 bits per heavy atom. The Morgan fingerprint density at radius 2 is 2.06 bits per heavy atom. The molecule has 0 heterocycles. The van der Waals surface area contributed by atoms with Crippen LogP contribution < -0.4 is 4.74 Å². The molecule has 1 aliphatic carbocycles. The van der Waals surface area contributed by atoms with E-state index in [2.05, 4.69) is 4.90 Å². The topological polar surface area (TPSA) is 49.8 Å². The fourth-order valence-electron chi connectivity index (χ4n) is 2.07. The number of carboxylic acids is 1. The largest absolute Gasteiger partial charge is 0.497 e. The number of carbonyl (C=O) groups is 1. The van der Waals surface area contributed by atoms with Crippen LogP contribution in [0, 0.1) is 0 Å². The maximum absolute atomic E-state index is 11.1. The van der Waals surface area contributed by atoms with Crippen LogP contribution in [-0.2, 0) is 11.3 Å². The van der Waals surface area contributed by atoms with Crippen LogP contribution in [0.25, 0.3) is 0 Å². The van der Waals surface area contributed by atoms with Crippen molar-refractivity contribution in [3.8, 4) is 5.75 Å². The van der Waals surface area contributed by atoms with Crippen LogP contribution in [0.2, 0.25) is 0 Å². The van der Waals surface area contributed by atoms with Crippen molar-refractivity contribution in [1.82, 2.24) is 4.90 Å². The van der Waals surface area contributed by atoms with E-state index in [0.29, 0.717) is 12.6 Å². The van der Waals surface area contributed by atoms with Crippen molar-refractivity contribution in [3.05, 3.63) is 29.8 Å². The molecule has 0 aromatic heterocycles. The lowest BCUT2D eigenvalue weighted by molar-refractivity contribution is -0.143. The van der Waals surface area contributed by atoms with E-state index in [1.165, 1.54) is 0 Å². The summed E-state index contributed by atoms with van der Waals surface area (Å²) in [4.78, 5) is 13.2. The highest BCUT2D eigenvalue weighted by Crippen LogP contribution is 2.30. The molecule has 1 unspecified atom stereocenters. The van der Waals surface area contributed by atoms with Gasteiger partial charge in [-0.3, -0.25) is 9.69 Å². The van der Waals surface area contributed by atoms with E-state index in [1.807, 2.05) is 24.3 Å². The third-order valence-electron chi connectivity index (χ3n) is 3.39. The summed E-state index contributed by atoms with van der Waals surface area (Å²) in [6.07, 6.45) is 2.21. The van der Waals surface area contributed by atoms with E-state index in [9.17, 15) is 4.79 Å². The molecule has 1 atom stereocenters. The average Bonchev–Trinajstić information content (AvgIpc) is 3.20. The average molecular weight is 249 g/mol. The standard InChI is InChI=1S/C14H19NO3/c1-10(14(16)17)15(12-5-6-12)9-11-3-7-13(18-2)8-4-11/h3-4,7-8,10,12H,5-6,9H2,1-2H3,(H,16,17). The first-order chi connectivity index (χ1) is 8.61. The van der Waals surface area contributed by atoms with Crippen molar-refractivity contribution in [2.75, 3.05) is 7.11 Å². The van der Waals surface area contributed by atoms with Crippen molar-refractivity contribution in [1.29, 1.82) is 0 Å². The molecule has 1 N–H and O–H groups in total. The number of hydrogen-bond donors (Lipinski definition) is 1. The Balaban J connectivity index is 2.05. The second-order valence-electron chi connectivity index (χ2n) is 4.77. The second kappa shape index (κ2) is 5.40. The van der Waals surface area contributed by atoms with Crippen LogP contribution >= 0.6 is 0 Å². The van der Waals surface area contributed by atoms with Gasteiger partial charge in [-0.2, -0.15) is 0 Å². The number of aliphatic carboxylic acids is 1. The molecular formula is C14H19NO3. The molecule has 1 fully saturated rings. The summed E-state index contributed by atoms with van der Waals surface area (Å²) in [7, 11) is 1.64. The number of nitrogens with zero attached hydrogens (tertiary/aromatic N) is 1. The predicted molar refractivity (Wildman–Crippen MR) is 68.7 cm³/mol. The van der Waals surface area contributed by atoms with Gasteiger partial charge in [0.2, 0.25) is 0 Å². The zero-order valence-corrected chi connectivity index (χ0v) is 10.8. The third kappa shape index (κ3) is 3.01. The summed E-state index contributed by atoms with van der Waals surface area (Å²) >= 11 is 0. The Kier molecular flexibility index (Phi) is 3.87. The van der Waals surface area contributed by atoms with Crippen LogP contribution in [0.5, 0.6) is 5.75 Å². The highest BCUT2D eigenvalue weighted by Gasteiger charge is 2.34. The lowest BCUT2D eigenvalue weighted by Crippen LogP contribution is -2.39. The second-order valence-corrected chi connectivity index (χ2v) is 4.77. The third-order valence-corrected chi connectivity index (χ3v) is 3.39. The lowest BCUT2D eigenvalue weighted by Gasteiger charge is -2.26. The van der Waals surface area contributed by atoms with Gasteiger partial charge in [-0.15, -0.1) is 0 Å². The van der Waals surface area contributed by atoms with Crippen molar-refractivity contribution in [3.63, 3.8) is 0 Å². The Hall–Kier alpha value is -1.55. The summed E-state index contributed by atoms with van der Waals surface area (Å²) in [6.45, 7) is 2.44. The van der Waals surface area contributed by atoms with Gasteiger partial charge in [0, 0.05) is 12.6 Å². The Morgan fingerprint density at radius 3 is 2.50 bits per heavy atom. The van der Waals surface area contributed by atoms with Gasteiger partial charge < -0.3 is 9.84 Å². The predicted octanol–water partition coefficient (Wildman–Crippen LogP) is 2.13. The fraction of sp³-hybridized carbons (Fsp3) is 0.500. The summed E-state index contributed by atoms with van der Waals surface area (Å²) < 4.78 is 5.11. The SMILES string of the molecule is COc1ccc(CN(C2CC2)C(C)C(=O)O)cc1. The normalized spacial score (nSPS) is 16.6. The van der Waals surface area contributed by atoms with Crippen molar-refractivity contribution >= 4 is 5.97 Å². The van der Waals surface area contributed by atoms with Crippen LogP contribution in [0.15, 0.2) is 24.3 Å². The van der Waals surface area contributed by atoms with Crippen LogP contribution in [0.3, 0.4) is 0 Å². The summed E-state index contributed by atoms with van der Waals surface area (Å²) in [6, 6.07) is 7.79. The van der Waals surface area contributed by atoms with Crippen LogP contribution in [-0.4, -0.2) is 35.2 Å². The van der Waals surface area contributed by atoms with E-state index >= 15 is 0 Å². The van der Waals surface area contributed by atoms with Gasteiger partial charge in [0.1, 0.15) is 11.8 Å². The first-order valence-electron chi connectivity index (χ1n) is 6.23. The number of hydrogen-bond acceptors (Lipinski definition) is 3. The Labute approximate surface area is 107 Å². The van der Waals surface area contributed by atoms with Gasteiger partial charge in [-0.05, 0) is 37.5 Å². The zero-order chi connectivity index (χ0) is 13.1. The van der Waals surface area contributed by atoms with Gasteiger partial charge in [0.05, 0.1) is 7.11 Å². The lowest BCUT2D eigenvalue weighted by atomic mass is 10.1. The minimum atomic E-state index is -0.754. The Bertz CT molecular complexity index is 412. The van der Waals surface area contributed by atoms with Gasteiger partial charge in [-0.25, -0.2) is 0 Å². The van der Waals surface area contributed by atoms with Crippen LogP contribution in [0.4, 0.5) is 0 Å². The summed E-state index contributed by atoms with van der Waals surface area (Å²) in [5.74, 6) is 0.0680. The van der Waals surface area contributed by atoms with E-state index in [-0.39, 0.29) is 0 Å². The van der Waals surface area contributed by atoms with Gasteiger partial charge in [0.25, 0.3) is 0 Å². The first-order valence-corrected chi connectivity index (χ1v) is 6.23. The molecule has 98 valence electrons. The molecule has 0 radical (unpaired) electrons. The van der Waals surface area contributed by atoms with Crippen LogP contribution in [0.1, 0.15) is 25.3 Å². The maximum atomic E-state index is 11.1. The molecule has 1 aliphatic rings. The van der Waals surface area contributed by atoms with E-state index in [1.54, 1.807) is 14.0 Å². The molecule has 0 aliphatic heterocycles. The van der Waals surface area contributed by atoms with Gasteiger partial charge in [-0.1, -0.05) is 12.1 Å². The molecule has 18 heavy (non-hydrogen) atoms. The van der Waals surface area contributed by atoms with Crippen molar-refractivity contribution < 1.29 is 14.6 Å². The van der Waals surface area contributed by atoms with Crippen molar-refractivity contribution in [2.45, 2.75) is 38.4 Å². The van der Waals surface area contributed by atoms with Crippen molar-refractivity contribution in [2.24, 2.45) is 0 Å². The fourth-order valence-corrected chi connectivity index (χ4v) is 2.07. The molecule has 1 aromatic carbocycles. The van der Waals surface area contributed by atoms with Gasteiger partial charge >= 0.3 is 5.97 Å². The van der Waals surface area contributed by atoms with E-state index < -0.39 is 12.0 Å². The number of carboxylic acid groups (broad SMARTS) is 1. The molecule has 4 heteroatoms. The highest BCUT2D eigenvalue weighted by atomic mass is 16.5. The smallest absolute Gasteiger partial charge is 0.320 e. The first kappa shape index (κ1) is 12.9. The molecule has 0 saturated heterocycles. The molecule has 2 rings (SSSR count). The molecule has 1 saturated carbocycles. The number of rotatable bonds is 6. The van der Waals surface area contributed by atoms with E-state index in [4.69, 9.17) is 9.84 Å². The molecular weight excluding hydrogens is 230 g/mol. The summed E-state index contributed by atoms with van der Waals surface area (Å²) in [5.41, 5.74) is 1.12. The quantitative estimate of drug-likeness (QED) is 0.839. The molecule has 0 amide bonds. The monoisotopic (exact) mass is 249 g/mol. The summed E-state index contributed by atoms with van der Waals surface area (Å²) in [5, 5.41) is 9.13. The molecule has 4 nitrogen and oxygen atoms in total. The molecule has 0 bridgehead atoms. The van der Waals surface area contributed by atoms with Gasteiger partial charge in [0.15, 0.2) is 0 Å². The minimum Gasteiger partial charge on any atom is -0.497 e. The zero-order valence-electron chi connectivity index (χ0n) is 10.8. The maximum Gasteiger partial charge on any atom is 0.320 e. The molecule has 0 spiro atoms. The van der Waals surface area contributed by atoms with E-state index in [0.717, 1.165) is 24.2 Å². The minimum absolute atomic E-state index is 0.429. The molecule has 1 aromatic rings. The number of methoxy groups -OCH3 is 1. The number of ether oxygens (including phenoxy) is 1. The highest BCUT2D eigenvalue weighted by molar-refractivity contribution is 5.73. The number of benzene rings is 1.